The first-order chi connectivity index (χ1) is 5.72. The minimum Gasteiger partial charge on any atom is -0.397 e. The van der Waals surface area contributed by atoms with Crippen molar-refractivity contribution in [2.24, 2.45) is 0 Å². The summed E-state index contributed by atoms with van der Waals surface area (Å²) in [6.45, 7) is 5.65. The van der Waals surface area contributed by atoms with E-state index in [-0.39, 0.29) is 13.2 Å². The maximum absolute atomic E-state index is 7.57. The number of aromatic nitrogens is 4. The van der Waals surface area contributed by atoms with E-state index < -0.39 is 0 Å². The summed E-state index contributed by atoms with van der Waals surface area (Å²) >= 11 is 0. The van der Waals surface area contributed by atoms with E-state index >= 15 is 0 Å². The fourth-order valence-corrected chi connectivity index (χ4v) is 0.207. The molecule has 0 unspecified atom stereocenters. The molecular formula is C6H16N4O2. The number of hydrogen-bond donors (Lipinski definition) is 3. The molecule has 0 saturated heterocycles. The average Bonchev–Trinajstić information content (AvgIpc) is 2.43. The standard InChI is InChI=1S/C2H4N4.2C2H6O/c1-2-3-5-6-4-2;2*1-2-3/h1H3,(H,3,4,5,6);2*3H,2H2,1H3. The zero-order valence-corrected chi connectivity index (χ0v) is 7.65. The minimum absolute atomic E-state index is 0.250. The van der Waals surface area contributed by atoms with Crippen LogP contribution in [0.5, 0.6) is 0 Å². The molecule has 0 amide bonds. The summed E-state index contributed by atoms with van der Waals surface area (Å²) in [7, 11) is 0. The summed E-state index contributed by atoms with van der Waals surface area (Å²) in [4.78, 5) is 0. The molecule has 0 aliphatic rings. The second kappa shape index (κ2) is 12.6. The van der Waals surface area contributed by atoms with Crippen LogP contribution >= 0.6 is 0 Å². The van der Waals surface area contributed by atoms with Gasteiger partial charge in [-0.25, -0.2) is 5.10 Å². The maximum atomic E-state index is 7.57. The van der Waals surface area contributed by atoms with Crippen molar-refractivity contribution in [3.63, 3.8) is 0 Å². The van der Waals surface area contributed by atoms with Crippen LogP contribution in [-0.2, 0) is 0 Å². The Morgan fingerprint density at radius 2 is 1.67 bits per heavy atom. The Hall–Kier alpha value is -1.01. The lowest BCUT2D eigenvalue weighted by atomic mass is 10.8. The lowest BCUT2D eigenvalue weighted by Gasteiger charge is -1.62. The van der Waals surface area contributed by atoms with Gasteiger partial charge in [0.15, 0.2) is 0 Å². The third-order valence-corrected chi connectivity index (χ3v) is 0.451. The Bertz CT molecular complexity index is 141. The van der Waals surface area contributed by atoms with Crippen molar-refractivity contribution in [3.05, 3.63) is 5.82 Å². The highest BCUT2D eigenvalue weighted by Gasteiger charge is 1.77. The third kappa shape index (κ3) is 16.0. The molecule has 1 heterocycles. The number of tetrazole rings is 1. The molecular weight excluding hydrogens is 160 g/mol. The Balaban J connectivity index is 0. The van der Waals surface area contributed by atoms with Gasteiger partial charge in [0.25, 0.3) is 0 Å². The average molecular weight is 176 g/mol. The number of hydrogen-bond acceptors (Lipinski definition) is 5. The van der Waals surface area contributed by atoms with Gasteiger partial charge in [0.2, 0.25) is 0 Å². The van der Waals surface area contributed by atoms with Crippen LogP contribution in [0.3, 0.4) is 0 Å². The molecule has 6 nitrogen and oxygen atoms in total. The van der Waals surface area contributed by atoms with E-state index in [4.69, 9.17) is 10.2 Å². The van der Waals surface area contributed by atoms with Crippen molar-refractivity contribution < 1.29 is 10.2 Å². The topological polar surface area (TPSA) is 94.9 Å². The molecule has 0 atom stereocenters. The van der Waals surface area contributed by atoms with Gasteiger partial charge >= 0.3 is 0 Å². The summed E-state index contributed by atoms with van der Waals surface area (Å²) in [6.07, 6.45) is 0. The lowest BCUT2D eigenvalue weighted by Crippen LogP contribution is -1.69. The van der Waals surface area contributed by atoms with E-state index in [1.54, 1.807) is 20.8 Å². The third-order valence-electron chi connectivity index (χ3n) is 0.451. The van der Waals surface area contributed by atoms with E-state index in [9.17, 15) is 0 Å². The molecule has 0 radical (unpaired) electrons. The molecule has 0 saturated carbocycles. The van der Waals surface area contributed by atoms with Gasteiger partial charge in [0.1, 0.15) is 5.82 Å². The molecule has 1 aromatic rings. The highest BCUT2D eigenvalue weighted by molar-refractivity contribution is 4.63. The van der Waals surface area contributed by atoms with Crippen LogP contribution in [-0.4, -0.2) is 44.1 Å². The minimum atomic E-state index is 0.250. The van der Waals surface area contributed by atoms with Gasteiger partial charge in [-0.05, 0) is 31.2 Å². The van der Waals surface area contributed by atoms with Crippen molar-refractivity contribution in [2.45, 2.75) is 20.8 Å². The van der Waals surface area contributed by atoms with Gasteiger partial charge in [-0.3, -0.25) is 0 Å². The molecule has 0 fully saturated rings. The summed E-state index contributed by atoms with van der Waals surface area (Å²) < 4.78 is 0. The fourth-order valence-electron chi connectivity index (χ4n) is 0.207. The molecule has 0 aliphatic heterocycles. The van der Waals surface area contributed by atoms with Crippen LogP contribution in [0.2, 0.25) is 0 Å². The number of aromatic amines is 1. The zero-order chi connectivity index (χ0) is 9.82. The number of nitrogens with zero attached hydrogens (tertiary/aromatic N) is 3. The fraction of sp³-hybridized carbons (Fsp3) is 0.833. The molecule has 3 N–H and O–H groups in total. The predicted octanol–water partition coefficient (Wildman–Crippen LogP) is -0.495. The predicted molar refractivity (Wildman–Crippen MR) is 44.4 cm³/mol. The number of aliphatic hydroxyl groups excluding tert-OH is 2. The van der Waals surface area contributed by atoms with Crippen LogP contribution in [0.25, 0.3) is 0 Å². The Labute approximate surface area is 71.6 Å². The molecule has 12 heavy (non-hydrogen) atoms. The molecule has 0 bridgehead atoms. The SMILES string of the molecule is CCO.CCO.Cc1nnn[nH]1. The first-order valence-electron chi connectivity index (χ1n) is 3.64. The van der Waals surface area contributed by atoms with Gasteiger partial charge in [-0.2, -0.15) is 0 Å². The molecule has 0 aliphatic carbocycles. The lowest BCUT2D eigenvalue weighted by molar-refractivity contribution is 0.318. The van der Waals surface area contributed by atoms with Crippen LogP contribution in [0.15, 0.2) is 0 Å². The summed E-state index contributed by atoms with van der Waals surface area (Å²) in [5, 5.41) is 27.8. The largest absolute Gasteiger partial charge is 0.397 e. The monoisotopic (exact) mass is 176 g/mol. The molecule has 1 aromatic heterocycles. The van der Waals surface area contributed by atoms with E-state index in [0.717, 1.165) is 5.82 Å². The normalized spacial score (nSPS) is 7.42. The van der Waals surface area contributed by atoms with Gasteiger partial charge in [-0.1, -0.05) is 0 Å². The van der Waals surface area contributed by atoms with E-state index in [2.05, 4.69) is 20.6 Å². The smallest absolute Gasteiger partial charge is 0.145 e. The van der Waals surface area contributed by atoms with Crippen molar-refractivity contribution >= 4 is 0 Å². The van der Waals surface area contributed by atoms with E-state index in [1.807, 2.05) is 0 Å². The Kier molecular flexibility index (Phi) is 14.3. The maximum Gasteiger partial charge on any atom is 0.145 e. The molecule has 0 aromatic carbocycles. The zero-order valence-electron chi connectivity index (χ0n) is 7.65. The quantitative estimate of drug-likeness (QED) is 0.495. The van der Waals surface area contributed by atoms with Crippen molar-refractivity contribution in [1.29, 1.82) is 0 Å². The molecule has 1 rings (SSSR count). The van der Waals surface area contributed by atoms with E-state index in [1.165, 1.54) is 0 Å². The summed E-state index contributed by atoms with van der Waals surface area (Å²) in [5.74, 6) is 0.745. The van der Waals surface area contributed by atoms with Crippen molar-refractivity contribution in [3.8, 4) is 0 Å². The van der Waals surface area contributed by atoms with Gasteiger partial charge in [-0.15, -0.1) is 5.10 Å². The summed E-state index contributed by atoms with van der Waals surface area (Å²) in [5.41, 5.74) is 0. The van der Waals surface area contributed by atoms with Gasteiger partial charge in [0, 0.05) is 13.2 Å². The van der Waals surface area contributed by atoms with Crippen LogP contribution < -0.4 is 0 Å². The molecule has 6 heteroatoms. The van der Waals surface area contributed by atoms with Crippen molar-refractivity contribution in [2.75, 3.05) is 13.2 Å². The van der Waals surface area contributed by atoms with Crippen LogP contribution in [0.4, 0.5) is 0 Å². The Morgan fingerprint density at radius 1 is 1.25 bits per heavy atom. The number of aliphatic hydroxyl groups is 2. The second-order valence-corrected chi connectivity index (χ2v) is 1.62. The van der Waals surface area contributed by atoms with Gasteiger partial charge < -0.3 is 10.2 Å². The number of aryl methyl sites for hydroxylation is 1. The Morgan fingerprint density at radius 3 is 1.75 bits per heavy atom. The number of rotatable bonds is 0. The number of H-pyrrole nitrogens is 1. The van der Waals surface area contributed by atoms with Crippen LogP contribution in [0.1, 0.15) is 19.7 Å². The van der Waals surface area contributed by atoms with E-state index in [0.29, 0.717) is 0 Å². The first-order valence-corrected chi connectivity index (χ1v) is 3.64. The number of nitrogens with one attached hydrogen (secondary N) is 1. The van der Waals surface area contributed by atoms with Gasteiger partial charge in [0.05, 0.1) is 0 Å². The highest BCUT2D eigenvalue weighted by atomic mass is 16.3. The van der Waals surface area contributed by atoms with Crippen molar-refractivity contribution in [1.82, 2.24) is 20.6 Å². The highest BCUT2D eigenvalue weighted by Crippen LogP contribution is 1.69. The summed E-state index contributed by atoms with van der Waals surface area (Å²) in [6, 6.07) is 0. The first kappa shape index (κ1) is 13.6. The molecule has 0 spiro atoms. The molecule has 72 valence electrons. The second-order valence-electron chi connectivity index (χ2n) is 1.62. The van der Waals surface area contributed by atoms with Crippen LogP contribution in [0, 0.1) is 6.92 Å².